The monoisotopic (exact) mass is 588 g/mol. The average molecular weight is 589 g/mol. The minimum absolute atomic E-state index is 0.0484. The molecule has 0 spiro atoms. The van der Waals surface area contributed by atoms with Crippen molar-refractivity contribution < 1.29 is 19.1 Å². The third-order valence-electron chi connectivity index (χ3n) is 8.20. The number of ether oxygens (including phenoxy) is 2. The summed E-state index contributed by atoms with van der Waals surface area (Å²) in [7, 11) is 5.23. The number of thiazole rings is 1. The second-order valence-electron chi connectivity index (χ2n) is 10.6. The Hall–Kier alpha value is -2.33. The van der Waals surface area contributed by atoms with Gasteiger partial charge in [-0.15, -0.1) is 11.3 Å². The van der Waals surface area contributed by atoms with E-state index in [0.29, 0.717) is 25.3 Å². The summed E-state index contributed by atoms with van der Waals surface area (Å²) < 4.78 is 11.7. The molecule has 1 aliphatic rings. The highest BCUT2D eigenvalue weighted by Gasteiger charge is 2.41. The van der Waals surface area contributed by atoms with Gasteiger partial charge < -0.3 is 25.0 Å². The van der Waals surface area contributed by atoms with E-state index in [2.05, 4.69) is 41.6 Å². The van der Waals surface area contributed by atoms with Crippen molar-refractivity contribution in [2.45, 2.75) is 97.1 Å². The van der Waals surface area contributed by atoms with Gasteiger partial charge in [-0.2, -0.15) is 0 Å². The summed E-state index contributed by atoms with van der Waals surface area (Å²) in [6.07, 6.45) is 4.76. The molecule has 1 fully saturated rings. The summed E-state index contributed by atoms with van der Waals surface area (Å²) in [6.45, 7) is 10.9. The van der Waals surface area contributed by atoms with E-state index in [1.165, 1.54) is 11.3 Å². The topological polar surface area (TPSA) is 92.8 Å². The number of carbonyl (C=O) groups excluding carboxylic acids is 2. The maximum Gasteiger partial charge on any atom is 0.226 e. The molecule has 0 bridgehead atoms. The highest BCUT2D eigenvalue weighted by atomic mass is 32.1. The molecule has 3 rings (SSSR count). The van der Waals surface area contributed by atoms with Gasteiger partial charge in [0, 0.05) is 38.4 Å². The van der Waals surface area contributed by atoms with Gasteiger partial charge in [-0.05, 0) is 37.8 Å². The zero-order chi connectivity index (χ0) is 30.4. The molecule has 7 atom stereocenters. The van der Waals surface area contributed by atoms with Crippen LogP contribution in [-0.2, 0) is 25.5 Å². The Labute approximate surface area is 251 Å². The fraction of sp³-hybridized carbons (Fsp3) is 0.656. The smallest absolute Gasteiger partial charge is 0.226 e. The van der Waals surface area contributed by atoms with Crippen LogP contribution in [0.4, 0.5) is 0 Å². The van der Waals surface area contributed by atoms with Crippen LogP contribution in [0.15, 0.2) is 41.9 Å². The first-order chi connectivity index (χ1) is 19.8. The SMILES string of the molecule is CC.CCC(C)C(NC)C(CC(=O)N1CCCC1C(OC)C(C)C(=O)NC(Cc1ccccc1)c1nccs1)OC. The van der Waals surface area contributed by atoms with Crippen LogP contribution in [0.25, 0.3) is 0 Å². The maximum absolute atomic E-state index is 13.6. The number of nitrogens with zero attached hydrogens (tertiary/aromatic N) is 2. The summed E-state index contributed by atoms with van der Waals surface area (Å²) >= 11 is 1.54. The normalized spacial score (nSPS) is 19.3. The minimum Gasteiger partial charge on any atom is -0.379 e. The number of rotatable bonds is 15. The molecule has 9 heteroatoms. The first kappa shape index (κ1) is 34.9. The van der Waals surface area contributed by atoms with Crippen molar-refractivity contribution in [3.63, 3.8) is 0 Å². The summed E-state index contributed by atoms with van der Waals surface area (Å²) in [6, 6.07) is 9.79. The van der Waals surface area contributed by atoms with Crippen LogP contribution in [0.5, 0.6) is 0 Å². The molecule has 0 aliphatic carbocycles. The molecule has 1 saturated heterocycles. The van der Waals surface area contributed by atoms with Crippen molar-refractivity contribution in [1.29, 1.82) is 0 Å². The van der Waals surface area contributed by atoms with Crippen molar-refractivity contribution in [2.24, 2.45) is 11.8 Å². The lowest BCUT2D eigenvalue weighted by Crippen LogP contribution is -2.52. The van der Waals surface area contributed by atoms with E-state index >= 15 is 0 Å². The van der Waals surface area contributed by atoms with Crippen molar-refractivity contribution >= 4 is 23.2 Å². The number of likely N-dealkylation sites (N-methyl/N-ethyl adjacent to an activating group) is 1. The van der Waals surface area contributed by atoms with Gasteiger partial charge in [-0.1, -0.05) is 71.4 Å². The number of aromatic nitrogens is 1. The van der Waals surface area contributed by atoms with Gasteiger partial charge in [0.1, 0.15) is 5.01 Å². The number of hydrogen-bond acceptors (Lipinski definition) is 7. The van der Waals surface area contributed by atoms with Crippen molar-refractivity contribution in [2.75, 3.05) is 27.8 Å². The molecular formula is C32H52N4O4S. The van der Waals surface area contributed by atoms with Gasteiger partial charge in [-0.25, -0.2) is 4.98 Å². The largest absolute Gasteiger partial charge is 0.379 e. The number of hydrogen-bond donors (Lipinski definition) is 2. The zero-order valence-corrected chi connectivity index (χ0v) is 27.1. The Morgan fingerprint density at radius 1 is 1.15 bits per heavy atom. The number of methoxy groups -OCH3 is 2. The number of carbonyl (C=O) groups is 2. The number of likely N-dealkylation sites (tertiary alicyclic amines) is 1. The second kappa shape index (κ2) is 18.3. The summed E-state index contributed by atoms with van der Waals surface area (Å²) in [5.41, 5.74) is 1.13. The molecule has 1 aliphatic heterocycles. The van der Waals surface area contributed by atoms with Gasteiger partial charge >= 0.3 is 0 Å². The molecule has 230 valence electrons. The lowest BCUT2D eigenvalue weighted by atomic mass is 9.91. The van der Waals surface area contributed by atoms with E-state index < -0.39 is 12.0 Å². The second-order valence-corrected chi connectivity index (χ2v) is 11.5. The standard InChI is InChI=1S/C30H46N4O4S.C2H6/c1-7-20(2)27(31-4)25(37-5)19-26(35)34-16-11-14-24(34)28(38-6)21(3)29(36)33-23(30-32-15-17-39-30)18-22-12-9-8-10-13-22;1-2/h8-10,12-13,15,17,20-21,23-25,27-28,31H,7,11,14,16,18-19H2,1-6H3,(H,33,36);1-2H3. The third-order valence-corrected chi connectivity index (χ3v) is 9.08. The van der Waals surface area contributed by atoms with Gasteiger partial charge in [0.2, 0.25) is 11.8 Å². The predicted octanol–water partition coefficient (Wildman–Crippen LogP) is 5.25. The van der Waals surface area contributed by atoms with E-state index in [1.807, 2.05) is 56.3 Å². The molecule has 41 heavy (non-hydrogen) atoms. The lowest BCUT2D eigenvalue weighted by Gasteiger charge is -2.36. The van der Waals surface area contributed by atoms with E-state index in [1.54, 1.807) is 20.4 Å². The number of amides is 2. The van der Waals surface area contributed by atoms with Gasteiger partial charge in [0.25, 0.3) is 0 Å². The van der Waals surface area contributed by atoms with E-state index in [-0.39, 0.29) is 36.0 Å². The molecule has 2 amide bonds. The third kappa shape index (κ3) is 9.60. The Balaban J connectivity index is 0.00000287. The predicted molar refractivity (Wildman–Crippen MR) is 167 cm³/mol. The first-order valence-electron chi connectivity index (χ1n) is 15.1. The van der Waals surface area contributed by atoms with Crippen LogP contribution in [0.1, 0.15) is 76.9 Å². The van der Waals surface area contributed by atoms with Crippen molar-refractivity contribution in [1.82, 2.24) is 20.5 Å². The van der Waals surface area contributed by atoms with Crippen molar-refractivity contribution in [3.05, 3.63) is 52.5 Å². The van der Waals surface area contributed by atoms with Crippen LogP contribution < -0.4 is 10.6 Å². The van der Waals surface area contributed by atoms with Crippen LogP contribution in [-0.4, -0.2) is 73.8 Å². The molecule has 2 heterocycles. The summed E-state index contributed by atoms with van der Waals surface area (Å²) in [4.78, 5) is 33.5. The fourth-order valence-corrected chi connectivity index (χ4v) is 6.47. The lowest BCUT2D eigenvalue weighted by molar-refractivity contribution is -0.142. The molecule has 2 aromatic rings. The van der Waals surface area contributed by atoms with Crippen molar-refractivity contribution in [3.8, 4) is 0 Å². The molecule has 8 nitrogen and oxygen atoms in total. The highest BCUT2D eigenvalue weighted by Crippen LogP contribution is 2.29. The van der Waals surface area contributed by atoms with E-state index in [0.717, 1.165) is 29.8 Å². The molecule has 1 aromatic carbocycles. The minimum atomic E-state index is -0.449. The molecule has 7 unspecified atom stereocenters. The highest BCUT2D eigenvalue weighted by molar-refractivity contribution is 7.09. The number of benzene rings is 1. The molecule has 0 saturated carbocycles. The van der Waals surface area contributed by atoms with Crippen LogP contribution in [0, 0.1) is 11.8 Å². The maximum atomic E-state index is 13.6. The molecule has 0 radical (unpaired) electrons. The average Bonchev–Trinajstić information content (AvgIpc) is 3.71. The van der Waals surface area contributed by atoms with Gasteiger partial charge in [0.05, 0.1) is 36.6 Å². The Morgan fingerprint density at radius 3 is 2.41 bits per heavy atom. The van der Waals surface area contributed by atoms with Crippen LogP contribution >= 0.6 is 11.3 Å². The Kier molecular flexibility index (Phi) is 15.5. The fourth-order valence-electron chi connectivity index (χ4n) is 5.78. The van der Waals surface area contributed by atoms with Gasteiger partial charge in [0.15, 0.2) is 0 Å². The Bertz CT molecular complexity index is 1010. The first-order valence-corrected chi connectivity index (χ1v) is 16.0. The van der Waals surface area contributed by atoms with E-state index in [9.17, 15) is 9.59 Å². The molecule has 1 aromatic heterocycles. The molecular weight excluding hydrogens is 536 g/mol. The van der Waals surface area contributed by atoms with Crippen LogP contribution in [0.2, 0.25) is 0 Å². The van der Waals surface area contributed by atoms with Crippen LogP contribution in [0.3, 0.4) is 0 Å². The summed E-state index contributed by atoms with van der Waals surface area (Å²) in [5.74, 6) is -0.124. The Morgan fingerprint density at radius 2 is 1.85 bits per heavy atom. The quantitative estimate of drug-likeness (QED) is 0.295. The van der Waals surface area contributed by atoms with Gasteiger partial charge in [-0.3, -0.25) is 9.59 Å². The molecule has 2 N–H and O–H groups in total. The summed E-state index contributed by atoms with van der Waals surface area (Å²) in [5, 5.41) is 9.38. The van der Waals surface area contributed by atoms with E-state index in [4.69, 9.17) is 9.47 Å². The number of nitrogens with one attached hydrogen (secondary N) is 2. The zero-order valence-electron chi connectivity index (χ0n) is 26.3.